The van der Waals surface area contributed by atoms with Crippen molar-refractivity contribution in [2.45, 2.75) is 31.8 Å². The Labute approximate surface area is 111 Å². The second-order valence-electron chi connectivity index (χ2n) is 4.59. The summed E-state index contributed by atoms with van der Waals surface area (Å²) in [7, 11) is 3.22. The van der Waals surface area contributed by atoms with Crippen LogP contribution in [0.15, 0.2) is 11.0 Å². The Morgan fingerprint density at radius 2 is 2.32 bits per heavy atom. The van der Waals surface area contributed by atoms with E-state index in [4.69, 9.17) is 19.9 Å². The topological polar surface area (TPSA) is 88.6 Å². The molecule has 0 bridgehead atoms. The SMILES string of the molecule is COC[C@H]1O[C@@H](n2cc(C)c(N)nc2=O)C[C@H]1OC. The Balaban J connectivity index is 2.24. The van der Waals surface area contributed by atoms with Crippen LogP contribution in [0.5, 0.6) is 0 Å². The zero-order valence-corrected chi connectivity index (χ0v) is 11.3. The number of ether oxygens (including phenoxy) is 3. The quantitative estimate of drug-likeness (QED) is 0.833. The first-order chi connectivity index (χ1) is 9.06. The maximum atomic E-state index is 11.9. The van der Waals surface area contributed by atoms with Crippen LogP contribution in [-0.2, 0) is 14.2 Å². The number of hydrogen-bond acceptors (Lipinski definition) is 6. The van der Waals surface area contributed by atoms with Crippen molar-refractivity contribution in [2.24, 2.45) is 0 Å². The summed E-state index contributed by atoms with van der Waals surface area (Å²) in [5.41, 5.74) is 5.93. The molecule has 0 aromatic carbocycles. The van der Waals surface area contributed by atoms with Gasteiger partial charge in [-0.3, -0.25) is 4.57 Å². The van der Waals surface area contributed by atoms with Crippen molar-refractivity contribution in [2.75, 3.05) is 26.6 Å². The number of rotatable bonds is 4. The van der Waals surface area contributed by atoms with Crippen LogP contribution in [-0.4, -0.2) is 42.6 Å². The van der Waals surface area contributed by atoms with Gasteiger partial charge in [0.15, 0.2) is 0 Å². The summed E-state index contributed by atoms with van der Waals surface area (Å²) >= 11 is 0. The second kappa shape index (κ2) is 5.68. The summed E-state index contributed by atoms with van der Waals surface area (Å²) in [6.07, 6.45) is 1.55. The Hall–Kier alpha value is -1.44. The zero-order chi connectivity index (χ0) is 14.0. The van der Waals surface area contributed by atoms with Gasteiger partial charge in [0.05, 0.1) is 12.7 Å². The molecule has 1 aromatic rings. The van der Waals surface area contributed by atoms with Gasteiger partial charge in [-0.15, -0.1) is 0 Å². The number of aryl methyl sites for hydroxylation is 1. The minimum Gasteiger partial charge on any atom is -0.383 e. The molecule has 0 spiro atoms. The van der Waals surface area contributed by atoms with Crippen molar-refractivity contribution in [1.29, 1.82) is 0 Å². The smallest absolute Gasteiger partial charge is 0.351 e. The van der Waals surface area contributed by atoms with E-state index in [9.17, 15) is 4.79 Å². The number of nitrogen functional groups attached to an aromatic ring is 1. The molecule has 0 radical (unpaired) electrons. The highest BCUT2D eigenvalue weighted by Gasteiger charge is 2.36. The molecule has 1 aliphatic rings. The molecule has 0 amide bonds. The minimum atomic E-state index is -0.416. The van der Waals surface area contributed by atoms with E-state index in [1.807, 2.05) is 0 Å². The van der Waals surface area contributed by atoms with Gasteiger partial charge in [0.1, 0.15) is 18.1 Å². The molecule has 2 heterocycles. The summed E-state index contributed by atoms with van der Waals surface area (Å²) in [6, 6.07) is 0. The maximum Gasteiger partial charge on any atom is 0.351 e. The van der Waals surface area contributed by atoms with Crippen molar-refractivity contribution in [3.63, 3.8) is 0 Å². The molecule has 0 saturated carbocycles. The van der Waals surface area contributed by atoms with Crippen LogP contribution in [0.4, 0.5) is 5.82 Å². The fourth-order valence-electron chi connectivity index (χ4n) is 2.22. The third kappa shape index (κ3) is 2.78. The van der Waals surface area contributed by atoms with E-state index in [1.54, 1.807) is 27.3 Å². The van der Waals surface area contributed by atoms with E-state index in [0.717, 1.165) is 5.56 Å². The van der Waals surface area contributed by atoms with Gasteiger partial charge in [-0.2, -0.15) is 4.98 Å². The van der Waals surface area contributed by atoms with Gasteiger partial charge in [-0.1, -0.05) is 0 Å². The van der Waals surface area contributed by atoms with Crippen molar-refractivity contribution >= 4 is 5.82 Å². The number of nitrogens with zero attached hydrogens (tertiary/aromatic N) is 2. The highest BCUT2D eigenvalue weighted by molar-refractivity contribution is 5.35. The van der Waals surface area contributed by atoms with Gasteiger partial charge in [-0.05, 0) is 6.92 Å². The fraction of sp³-hybridized carbons (Fsp3) is 0.667. The monoisotopic (exact) mass is 269 g/mol. The van der Waals surface area contributed by atoms with Crippen molar-refractivity contribution < 1.29 is 14.2 Å². The lowest BCUT2D eigenvalue weighted by atomic mass is 10.2. The predicted octanol–water partition coefficient (Wildman–Crippen LogP) is 0.0828. The van der Waals surface area contributed by atoms with Crippen molar-refractivity contribution in [3.05, 3.63) is 22.2 Å². The number of anilines is 1. The molecule has 0 aliphatic carbocycles. The molecule has 106 valence electrons. The van der Waals surface area contributed by atoms with Crippen LogP contribution >= 0.6 is 0 Å². The van der Waals surface area contributed by atoms with E-state index in [2.05, 4.69) is 4.98 Å². The standard InChI is InChI=1S/C12H19N3O4/c1-7-5-15(12(16)14-11(7)13)10-4-8(18-3)9(19-10)6-17-2/h5,8-10H,4,6H2,1-3H3,(H2,13,14,16)/t8-,9-,10-/m1/s1. The molecule has 7 heteroatoms. The molecule has 0 unspecified atom stereocenters. The molecule has 19 heavy (non-hydrogen) atoms. The molecule has 1 aromatic heterocycles. The largest absolute Gasteiger partial charge is 0.383 e. The lowest BCUT2D eigenvalue weighted by Gasteiger charge is -2.16. The van der Waals surface area contributed by atoms with Gasteiger partial charge in [0, 0.05) is 32.4 Å². The van der Waals surface area contributed by atoms with Gasteiger partial charge in [0.2, 0.25) is 0 Å². The van der Waals surface area contributed by atoms with Crippen molar-refractivity contribution in [3.8, 4) is 0 Å². The number of methoxy groups -OCH3 is 2. The number of hydrogen-bond donors (Lipinski definition) is 1. The lowest BCUT2D eigenvalue weighted by Crippen LogP contribution is -2.29. The third-order valence-electron chi connectivity index (χ3n) is 3.30. The first-order valence-electron chi connectivity index (χ1n) is 6.09. The summed E-state index contributed by atoms with van der Waals surface area (Å²) in [6.45, 7) is 2.22. The first-order valence-corrected chi connectivity index (χ1v) is 6.09. The second-order valence-corrected chi connectivity index (χ2v) is 4.59. The summed E-state index contributed by atoms with van der Waals surface area (Å²) in [5.74, 6) is 0.246. The molecular weight excluding hydrogens is 250 g/mol. The Bertz CT molecular complexity index is 502. The number of nitrogens with two attached hydrogens (primary N) is 1. The van der Waals surface area contributed by atoms with E-state index < -0.39 is 11.9 Å². The van der Waals surface area contributed by atoms with Crippen LogP contribution in [0.2, 0.25) is 0 Å². The summed E-state index contributed by atoms with van der Waals surface area (Å²) < 4.78 is 17.7. The predicted molar refractivity (Wildman–Crippen MR) is 68.8 cm³/mol. The molecule has 1 saturated heterocycles. The van der Waals surface area contributed by atoms with Crippen LogP contribution in [0, 0.1) is 6.92 Å². The number of aromatic nitrogens is 2. The van der Waals surface area contributed by atoms with Gasteiger partial charge < -0.3 is 19.9 Å². The minimum absolute atomic E-state index is 0.102. The molecule has 2 rings (SSSR count). The van der Waals surface area contributed by atoms with Crippen LogP contribution < -0.4 is 11.4 Å². The van der Waals surface area contributed by atoms with E-state index in [-0.39, 0.29) is 18.0 Å². The Morgan fingerprint density at radius 3 is 2.95 bits per heavy atom. The van der Waals surface area contributed by atoms with Gasteiger partial charge in [-0.25, -0.2) is 4.79 Å². The van der Waals surface area contributed by atoms with E-state index >= 15 is 0 Å². The molecule has 1 aliphatic heterocycles. The molecule has 2 N–H and O–H groups in total. The van der Waals surface area contributed by atoms with Gasteiger partial charge in [0.25, 0.3) is 0 Å². The maximum absolute atomic E-state index is 11.9. The molecular formula is C12H19N3O4. The fourth-order valence-corrected chi connectivity index (χ4v) is 2.22. The summed E-state index contributed by atoms with van der Waals surface area (Å²) in [4.78, 5) is 15.6. The molecule has 7 nitrogen and oxygen atoms in total. The highest BCUT2D eigenvalue weighted by atomic mass is 16.6. The van der Waals surface area contributed by atoms with Crippen molar-refractivity contribution in [1.82, 2.24) is 9.55 Å². The molecule has 1 fully saturated rings. The Kier molecular flexibility index (Phi) is 4.18. The van der Waals surface area contributed by atoms with Crippen LogP contribution in [0.1, 0.15) is 18.2 Å². The highest BCUT2D eigenvalue weighted by Crippen LogP contribution is 2.29. The molecule has 3 atom stereocenters. The lowest BCUT2D eigenvalue weighted by molar-refractivity contribution is -0.0618. The van der Waals surface area contributed by atoms with Crippen LogP contribution in [0.25, 0.3) is 0 Å². The average molecular weight is 269 g/mol. The normalized spacial score (nSPS) is 26.8. The Morgan fingerprint density at radius 1 is 1.58 bits per heavy atom. The average Bonchev–Trinajstić information content (AvgIpc) is 2.77. The van der Waals surface area contributed by atoms with E-state index in [1.165, 1.54) is 4.57 Å². The van der Waals surface area contributed by atoms with E-state index in [0.29, 0.717) is 13.0 Å². The van der Waals surface area contributed by atoms with Crippen LogP contribution in [0.3, 0.4) is 0 Å². The first kappa shape index (κ1) is 14.0. The zero-order valence-electron chi connectivity index (χ0n) is 11.3. The van der Waals surface area contributed by atoms with Gasteiger partial charge >= 0.3 is 5.69 Å². The summed E-state index contributed by atoms with van der Waals surface area (Å²) in [5, 5.41) is 0. The third-order valence-corrected chi connectivity index (χ3v) is 3.30.